The number of ether oxygens (including phenoxy) is 6. The van der Waals surface area contributed by atoms with Crippen molar-refractivity contribution in [3.8, 4) is 38.4 Å². The number of aromatic nitrogens is 9. The number of pyridine rings is 1. The summed E-state index contributed by atoms with van der Waals surface area (Å²) < 4.78 is 37.9. The number of aromatic hydroxyl groups is 1. The third-order valence-electron chi connectivity index (χ3n) is 16.9. The molecule has 5 amide bonds. The van der Waals surface area contributed by atoms with Crippen molar-refractivity contribution in [3.63, 3.8) is 0 Å². The lowest BCUT2D eigenvalue weighted by atomic mass is 9.85. The first-order valence-electron chi connectivity index (χ1n) is 30.7. The van der Waals surface area contributed by atoms with Gasteiger partial charge < -0.3 is 85.2 Å². The van der Waals surface area contributed by atoms with E-state index < -0.39 is 121 Å². The van der Waals surface area contributed by atoms with E-state index in [4.69, 9.17) is 43.4 Å². The molecule has 0 saturated carbocycles. The van der Waals surface area contributed by atoms with Gasteiger partial charge in [-0.1, -0.05) is 12.1 Å². The Kier molecular flexibility index (Phi) is 19.4. The van der Waals surface area contributed by atoms with Gasteiger partial charge in [0.05, 0.1) is 43.9 Å². The molecular weight excluding hydrogens is 1380 g/mol. The molecule has 516 valence electrons. The standard InChI is InChI=1S/C63H63N15O16S5/c1-25(79)42-55(85)76-43(26(2)89-7)58-72-38(23-97-58)54(84)77-47-48-49(94-40-14-63(4,88)50(78(5)6)27(3)93-40)62(87)91-16-28-9-8-10-32-41(28)31(17-90-48)45(67-32)61(86)92-18-33(68-52(82)36-22-99-60(47)73-36)57-69-34(19-96-57)44-30(56-70-37(21-95-56)53(83)75-42)13-39(80)46(74-44)59-71-35(20-98-59)51(81)65-12-11-29-15-64-24-66-29/h8-10,13,15,19-25,27,33,40,42,47-50,67,79-80,88H,11-12,14,16-18H2,1-7H3,(H,64,66)(H,65,81)(H,68,82)(H,75,83)(H,76,85)(H,77,84)/b43-26+. The molecule has 12 bridgehead atoms. The number of methoxy groups -OCH3 is 1. The number of thiazole rings is 5. The SMILES string of the molecule is CO/C(C)=C1/NC(=O)C(C(C)O)NC(=O)c2csc(n2)-c2cc(O)c(-c3nc(C(=O)NCCc4cnc[nH]4)cs3)nc2-c2csc(n2)C2COC(=O)c3[nH]c4cccc5c4c3COC(C(OC3CC(C)(O)C(N(C)C)C(C)O3)C(=O)OC5)C(NC(=O)c3csc1n3)c1nc(cs1)C(=O)N2. The Morgan fingerprint density at radius 3 is 2.30 bits per heavy atom. The summed E-state index contributed by atoms with van der Waals surface area (Å²) in [4.78, 5) is 143. The minimum absolute atomic E-state index is 0.0128. The fourth-order valence-corrected chi connectivity index (χ4v) is 16.4. The maximum Gasteiger partial charge on any atom is 0.355 e. The first-order chi connectivity index (χ1) is 47.5. The van der Waals surface area contributed by atoms with Crippen LogP contribution in [0.3, 0.4) is 0 Å². The molecule has 36 heteroatoms. The number of H-pyrrole nitrogens is 2. The summed E-state index contributed by atoms with van der Waals surface area (Å²) in [7, 11) is 4.91. The minimum atomic E-state index is -1.84. The maximum absolute atomic E-state index is 15.2. The third-order valence-corrected chi connectivity index (χ3v) is 21.3. The number of benzene rings is 1. The largest absolute Gasteiger partial charge is 0.506 e. The predicted octanol–water partition coefficient (Wildman–Crippen LogP) is 5.15. The van der Waals surface area contributed by atoms with Gasteiger partial charge in [0.15, 0.2) is 12.4 Å². The molecule has 10 atom stereocenters. The number of hydrogen-bond donors (Lipinski definition) is 10. The van der Waals surface area contributed by atoms with Gasteiger partial charge in [-0.3, -0.25) is 24.0 Å². The molecular formula is C63H63N15O16S5. The highest BCUT2D eigenvalue weighted by molar-refractivity contribution is 7.14. The van der Waals surface area contributed by atoms with E-state index in [1.807, 2.05) is 4.90 Å². The fourth-order valence-electron chi connectivity index (χ4n) is 12.2. The van der Waals surface area contributed by atoms with Gasteiger partial charge in [-0.2, -0.15) is 0 Å². The van der Waals surface area contributed by atoms with Crippen molar-refractivity contribution in [3.05, 3.63) is 130 Å². The maximum atomic E-state index is 15.2. The number of nitrogens with one attached hydrogen (secondary N) is 7. The van der Waals surface area contributed by atoms with Crippen LogP contribution in [0.15, 0.2) is 69.4 Å². The van der Waals surface area contributed by atoms with Gasteiger partial charge in [0, 0.05) is 80.2 Å². The number of aliphatic hydroxyl groups excluding tert-OH is 1. The average molecular weight is 1450 g/mol. The topological polar surface area (TPSA) is 421 Å². The highest BCUT2D eigenvalue weighted by Crippen LogP contribution is 2.43. The Morgan fingerprint density at radius 1 is 0.848 bits per heavy atom. The Labute approximate surface area is 581 Å². The molecule has 12 heterocycles. The summed E-state index contributed by atoms with van der Waals surface area (Å²) in [5.74, 6) is -6.28. The van der Waals surface area contributed by atoms with Crippen LogP contribution >= 0.6 is 56.7 Å². The highest BCUT2D eigenvalue weighted by atomic mass is 32.1. The van der Waals surface area contributed by atoms with E-state index in [0.717, 1.165) is 62.4 Å². The van der Waals surface area contributed by atoms with Crippen molar-refractivity contribution in [2.45, 2.75) is 114 Å². The normalized spacial score (nSPS) is 24.0. The molecule has 99 heavy (non-hydrogen) atoms. The molecule has 1 fully saturated rings. The van der Waals surface area contributed by atoms with Crippen LogP contribution < -0.4 is 26.6 Å². The second-order valence-electron chi connectivity index (χ2n) is 24.0. The zero-order valence-electron chi connectivity index (χ0n) is 53.6. The summed E-state index contributed by atoms with van der Waals surface area (Å²) in [6.07, 6.45) is -3.59. The van der Waals surface area contributed by atoms with E-state index in [9.17, 15) is 39.3 Å². The van der Waals surface area contributed by atoms with E-state index >= 15 is 9.59 Å². The number of amides is 5. The van der Waals surface area contributed by atoms with Crippen LogP contribution in [0.5, 0.6) is 5.75 Å². The van der Waals surface area contributed by atoms with Crippen LogP contribution in [0.1, 0.15) is 130 Å². The number of esters is 2. The number of likely N-dealkylation sites (N-methyl/N-ethyl adjacent to an activating group) is 1. The fraction of sp³-hybridized carbons (Fsp3) is 0.365. The van der Waals surface area contributed by atoms with Gasteiger partial charge in [0.2, 0.25) is 5.91 Å². The quantitative estimate of drug-likeness (QED) is 0.0625. The van der Waals surface area contributed by atoms with Gasteiger partial charge in [0.25, 0.3) is 23.6 Å². The van der Waals surface area contributed by atoms with Crippen LogP contribution in [0.4, 0.5) is 0 Å². The molecule has 31 nitrogen and oxygen atoms in total. The van der Waals surface area contributed by atoms with E-state index in [0.29, 0.717) is 22.9 Å². The summed E-state index contributed by atoms with van der Waals surface area (Å²) in [6, 6.07) is 1.43. The summed E-state index contributed by atoms with van der Waals surface area (Å²) in [5, 5.41) is 57.2. The molecule has 13 rings (SSSR count). The van der Waals surface area contributed by atoms with Gasteiger partial charge >= 0.3 is 11.9 Å². The Morgan fingerprint density at radius 2 is 1.56 bits per heavy atom. The van der Waals surface area contributed by atoms with E-state index in [1.165, 1.54) is 54.9 Å². The predicted molar refractivity (Wildman–Crippen MR) is 358 cm³/mol. The number of fused-ring (bicyclic) bond motifs is 15. The number of imidazole rings is 1. The number of aliphatic hydroxyl groups is 2. The lowest BCUT2D eigenvalue weighted by Gasteiger charge is -2.48. The van der Waals surface area contributed by atoms with Crippen LogP contribution in [0.2, 0.25) is 0 Å². The number of aromatic amines is 2. The zero-order valence-corrected chi connectivity index (χ0v) is 57.6. The van der Waals surface area contributed by atoms with Gasteiger partial charge in [0.1, 0.15) is 125 Å². The molecule has 4 aliphatic heterocycles. The first kappa shape index (κ1) is 68.2. The summed E-state index contributed by atoms with van der Waals surface area (Å²) in [5.41, 5.74) is -0.0816. The van der Waals surface area contributed by atoms with Gasteiger partial charge in [-0.25, -0.2) is 44.5 Å². The molecule has 0 spiro atoms. The number of rotatable bonds is 10. The van der Waals surface area contributed by atoms with Crippen molar-refractivity contribution in [2.24, 2.45) is 0 Å². The number of carbonyl (C=O) groups excluding carboxylic acids is 7. The lowest BCUT2D eigenvalue weighted by molar-refractivity contribution is -0.280. The third kappa shape index (κ3) is 13.9. The molecule has 10 unspecified atom stereocenters. The smallest absolute Gasteiger partial charge is 0.355 e. The van der Waals surface area contributed by atoms with Crippen molar-refractivity contribution in [2.75, 3.05) is 34.4 Å². The van der Waals surface area contributed by atoms with Crippen molar-refractivity contribution < 1.29 is 77.3 Å². The molecule has 8 aromatic heterocycles. The van der Waals surface area contributed by atoms with Crippen molar-refractivity contribution in [1.82, 2.24) is 76.3 Å². The second-order valence-corrected chi connectivity index (χ2v) is 28.3. The number of allylic oxidation sites excluding steroid dienone is 1. The van der Waals surface area contributed by atoms with Crippen LogP contribution in [0, 0.1) is 0 Å². The molecule has 4 aliphatic rings. The van der Waals surface area contributed by atoms with Crippen LogP contribution in [0.25, 0.3) is 49.3 Å². The van der Waals surface area contributed by atoms with Crippen LogP contribution in [-0.4, -0.2) is 189 Å². The molecule has 0 radical (unpaired) electrons. The van der Waals surface area contributed by atoms with Crippen molar-refractivity contribution >= 4 is 115 Å². The Balaban J connectivity index is 0.960. The highest BCUT2D eigenvalue weighted by Gasteiger charge is 2.50. The van der Waals surface area contributed by atoms with Gasteiger partial charge in [-0.15, -0.1) is 56.7 Å². The summed E-state index contributed by atoms with van der Waals surface area (Å²) >= 11 is 4.83. The monoisotopic (exact) mass is 1450 g/mol. The van der Waals surface area contributed by atoms with E-state index in [2.05, 4.69) is 56.5 Å². The molecule has 0 aliphatic carbocycles. The molecule has 9 aromatic rings. The number of nitrogens with zero attached hydrogens (tertiary/aromatic N) is 8. The first-order valence-corrected chi connectivity index (χ1v) is 35.1. The molecule has 1 aromatic carbocycles. The minimum Gasteiger partial charge on any atom is -0.506 e. The average Bonchev–Trinajstić information content (AvgIpc) is 1.72. The van der Waals surface area contributed by atoms with Gasteiger partial charge in [-0.05, 0) is 59.5 Å². The van der Waals surface area contributed by atoms with Crippen LogP contribution in [-0.2, 0) is 57.6 Å². The summed E-state index contributed by atoms with van der Waals surface area (Å²) in [6.45, 7) is 5.01. The van der Waals surface area contributed by atoms with E-state index in [-0.39, 0.29) is 113 Å². The number of carbonyl (C=O) groups is 7. The Bertz CT molecular complexity index is 4650. The zero-order chi connectivity index (χ0) is 69.7. The second kappa shape index (κ2) is 28.1. The van der Waals surface area contributed by atoms with Crippen molar-refractivity contribution in [1.29, 1.82) is 0 Å². The lowest BCUT2D eigenvalue weighted by Crippen LogP contribution is -2.62. The number of hydrogen-bond acceptors (Lipinski definition) is 29. The Hall–Kier alpha value is -9.34. The molecule has 10 N–H and O–H groups in total. The molecule has 1 saturated heterocycles. The number of cyclic esters (lactones) is 2. The van der Waals surface area contributed by atoms with E-state index in [1.54, 1.807) is 57.7 Å².